The van der Waals surface area contributed by atoms with Crippen molar-refractivity contribution in [2.45, 2.75) is 39.5 Å². The first-order valence-electron chi connectivity index (χ1n) is 5.91. The summed E-state index contributed by atoms with van der Waals surface area (Å²) in [7, 11) is 0. The number of ether oxygens (including phenoxy) is 1. The number of hydrogen-bond acceptors (Lipinski definition) is 3. The summed E-state index contributed by atoms with van der Waals surface area (Å²) >= 11 is 0. The summed E-state index contributed by atoms with van der Waals surface area (Å²) in [5.41, 5.74) is 2.23. The molecule has 1 rings (SSSR count). The van der Waals surface area contributed by atoms with E-state index in [1.807, 2.05) is 6.07 Å². The quantitative estimate of drug-likeness (QED) is 0.525. The van der Waals surface area contributed by atoms with Crippen molar-refractivity contribution < 1.29 is 36.4 Å². The van der Waals surface area contributed by atoms with Gasteiger partial charge >= 0.3 is 5.97 Å². The number of hydrogen-bond donors (Lipinski definition) is 1. The van der Waals surface area contributed by atoms with Crippen LogP contribution in [0.2, 0.25) is 0 Å². The Labute approximate surface area is 123 Å². The first-order chi connectivity index (χ1) is 7.97. The van der Waals surface area contributed by atoms with Gasteiger partial charge in [-0.2, -0.15) is 0 Å². The Hall–Kier alpha value is -0.636. The molecule has 4 heteroatoms. The SMILES string of the molecule is CC(C)c1cccc(OC(=O)CO)c1C(C)C.[Ti]. The number of rotatable bonds is 4. The number of carbonyl (C=O) groups excluding carboxylic acids is 1. The summed E-state index contributed by atoms with van der Waals surface area (Å²) in [6.07, 6.45) is 0. The summed E-state index contributed by atoms with van der Waals surface area (Å²) in [6.45, 7) is 7.76. The fourth-order valence-corrected chi connectivity index (χ4v) is 1.93. The Morgan fingerprint density at radius 3 is 2.28 bits per heavy atom. The van der Waals surface area contributed by atoms with Crippen LogP contribution < -0.4 is 4.74 Å². The van der Waals surface area contributed by atoms with Crippen molar-refractivity contribution in [1.82, 2.24) is 0 Å². The van der Waals surface area contributed by atoms with Crippen molar-refractivity contribution in [2.75, 3.05) is 6.61 Å². The zero-order valence-electron chi connectivity index (χ0n) is 11.4. The molecule has 1 aromatic rings. The van der Waals surface area contributed by atoms with Crippen LogP contribution in [0.3, 0.4) is 0 Å². The van der Waals surface area contributed by atoms with E-state index in [2.05, 4.69) is 33.8 Å². The van der Waals surface area contributed by atoms with Gasteiger partial charge in [0.25, 0.3) is 0 Å². The predicted octanol–water partition coefficient (Wildman–Crippen LogP) is 2.83. The van der Waals surface area contributed by atoms with Crippen molar-refractivity contribution in [3.05, 3.63) is 29.3 Å². The molecule has 0 amide bonds. The number of aliphatic hydroxyl groups excluding tert-OH is 1. The maximum atomic E-state index is 11.2. The van der Waals surface area contributed by atoms with Crippen LogP contribution >= 0.6 is 0 Å². The number of esters is 1. The second-order valence-corrected chi connectivity index (χ2v) is 4.70. The minimum Gasteiger partial charge on any atom is -0.425 e. The van der Waals surface area contributed by atoms with Crippen molar-refractivity contribution in [3.63, 3.8) is 0 Å². The second kappa shape index (κ2) is 7.72. The van der Waals surface area contributed by atoms with Gasteiger partial charge in [-0.3, -0.25) is 0 Å². The van der Waals surface area contributed by atoms with Crippen LogP contribution in [0.5, 0.6) is 5.75 Å². The molecule has 3 nitrogen and oxygen atoms in total. The van der Waals surface area contributed by atoms with Crippen LogP contribution in [0.1, 0.15) is 50.7 Å². The van der Waals surface area contributed by atoms with Crippen LogP contribution in [0, 0.1) is 0 Å². The summed E-state index contributed by atoms with van der Waals surface area (Å²) in [4.78, 5) is 11.2. The number of aliphatic hydroxyl groups is 1. The van der Waals surface area contributed by atoms with E-state index in [4.69, 9.17) is 9.84 Å². The van der Waals surface area contributed by atoms with Crippen LogP contribution in [0.15, 0.2) is 18.2 Å². The topological polar surface area (TPSA) is 46.5 Å². The molecule has 0 fully saturated rings. The minimum absolute atomic E-state index is 0. The van der Waals surface area contributed by atoms with Crippen molar-refractivity contribution in [2.24, 2.45) is 0 Å². The first-order valence-corrected chi connectivity index (χ1v) is 5.91. The molecule has 0 radical (unpaired) electrons. The Morgan fingerprint density at radius 1 is 1.22 bits per heavy atom. The summed E-state index contributed by atoms with van der Waals surface area (Å²) in [5, 5.41) is 8.73. The van der Waals surface area contributed by atoms with Gasteiger partial charge < -0.3 is 9.84 Å². The van der Waals surface area contributed by atoms with Gasteiger partial charge in [0, 0.05) is 27.3 Å². The maximum Gasteiger partial charge on any atom is 0.337 e. The molecular formula is C14H20O3Ti. The Kier molecular flexibility index (Phi) is 7.45. The molecule has 0 unspecified atom stereocenters. The zero-order valence-corrected chi connectivity index (χ0v) is 12.9. The fourth-order valence-electron chi connectivity index (χ4n) is 1.93. The van der Waals surface area contributed by atoms with Gasteiger partial charge in [-0.1, -0.05) is 39.8 Å². The Balaban J connectivity index is 0.00000289. The maximum absolute atomic E-state index is 11.2. The van der Waals surface area contributed by atoms with E-state index in [9.17, 15) is 4.79 Å². The van der Waals surface area contributed by atoms with Crippen molar-refractivity contribution in [1.29, 1.82) is 0 Å². The summed E-state index contributed by atoms with van der Waals surface area (Å²) in [6, 6.07) is 5.70. The average molecular weight is 284 g/mol. The monoisotopic (exact) mass is 284 g/mol. The van der Waals surface area contributed by atoms with Crippen LogP contribution in [0.4, 0.5) is 0 Å². The average Bonchev–Trinajstić information content (AvgIpc) is 2.28. The predicted molar refractivity (Wildman–Crippen MR) is 67.3 cm³/mol. The second-order valence-electron chi connectivity index (χ2n) is 4.70. The molecule has 0 atom stereocenters. The van der Waals surface area contributed by atoms with Gasteiger partial charge in [-0.05, 0) is 23.5 Å². The van der Waals surface area contributed by atoms with Crippen LogP contribution in [-0.2, 0) is 26.5 Å². The summed E-state index contributed by atoms with van der Waals surface area (Å²) < 4.78 is 5.16. The van der Waals surface area contributed by atoms with Gasteiger partial charge in [0.05, 0.1) is 0 Å². The molecule has 0 aliphatic rings. The minimum atomic E-state index is -0.618. The van der Waals surface area contributed by atoms with E-state index in [-0.39, 0.29) is 27.6 Å². The van der Waals surface area contributed by atoms with E-state index in [1.54, 1.807) is 6.07 Å². The van der Waals surface area contributed by atoms with Gasteiger partial charge in [-0.15, -0.1) is 0 Å². The van der Waals surface area contributed by atoms with Gasteiger partial charge in [-0.25, -0.2) is 4.79 Å². The Bertz CT molecular complexity index is 400. The van der Waals surface area contributed by atoms with Gasteiger partial charge in [0.1, 0.15) is 12.4 Å². The first kappa shape index (κ1) is 17.4. The van der Waals surface area contributed by atoms with E-state index in [0.717, 1.165) is 5.56 Å². The van der Waals surface area contributed by atoms with Gasteiger partial charge in [0.2, 0.25) is 0 Å². The molecule has 0 heterocycles. The molecule has 0 bridgehead atoms. The fraction of sp³-hybridized carbons (Fsp3) is 0.500. The molecule has 1 N–H and O–H groups in total. The van der Waals surface area contributed by atoms with E-state index >= 15 is 0 Å². The normalized spacial score (nSPS) is 10.4. The molecule has 98 valence electrons. The van der Waals surface area contributed by atoms with Crippen molar-refractivity contribution >= 4 is 5.97 Å². The standard InChI is InChI=1S/C14H20O3.Ti/c1-9(2)11-6-5-7-12(14(11)10(3)4)17-13(16)8-15;/h5-7,9-10,15H,8H2,1-4H3;. The molecule has 18 heavy (non-hydrogen) atoms. The Morgan fingerprint density at radius 2 is 1.83 bits per heavy atom. The molecule has 0 saturated heterocycles. The van der Waals surface area contributed by atoms with Crippen molar-refractivity contribution in [3.8, 4) is 5.75 Å². The molecule has 1 aromatic carbocycles. The van der Waals surface area contributed by atoms with Crippen LogP contribution in [-0.4, -0.2) is 17.7 Å². The van der Waals surface area contributed by atoms with Gasteiger partial charge in [0.15, 0.2) is 0 Å². The number of carbonyl (C=O) groups is 1. The third-order valence-electron chi connectivity index (χ3n) is 2.65. The molecule has 0 spiro atoms. The van der Waals surface area contributed by atoms with E-state index < -0.39 is 12.6 Å². The smallest absolute Gasteiger partial charge is 0.337 e. The van der Waals surface area contributed by atoms with E-state index in [1.165, 1.54) is 5.56 Å². The van der Waals surface area contributed by atoms with E-state index in [0.29, 0.717) is 11.7 Å². The third-order valence-corrected chi connectivity index (χ3v) is 2.65. The molecular weight excluding hydrogens is 264 g/mol. The molecule has 0 aliphatic heterocycles. The third kappa shape index (κ3) is 4.23. The molecule has 0 aliphatic carbocycles. The number of benzene rings is 1. The summed E-state index contributed by atoms with van der Waals surface area (Å²) in [5.74, 6) is 0.591. The van der Waals surface area contributed by atoms with Crippen LogP contribution in [0.25, 0.3) is 0 Å². The molecule has 0 saturated carbocycles. The largest absolute Gasteiger partial charge is 0.425 e. The molecule has 0 aromatic heterocycles. The zero-order chi connectivity index (χ0) is 13.0.